The zero-order chi connectivity index (χ0) is 10.4. The van der Waals surface area contributed by atoms with Crippen molar-refractivity contribution in [2.45, 2.75) is 6.92 Å². The zero-order valence-corrected chi connectivity index (χ0v) is 7.78. The molecule has 0 aliphatic heterocycles. The summed E-state index contributed by atoms with van der Waals surface area (Å²) in [4.78, 5) is 25.5. The van der Waals surface area contributed by atoms with Gasteiger partial charge in [0.2, 0.25) is 0 Å². The molecule has 2 amide bonds. The number of aromatic nitrogens is 1. The van der Waals surface area contributed by atoms with Gasteiger partial charge >= 0.3 is 6.03 Å². The minimum absolute atomic E-state index is 0.0265. The third-order valence-electron chi connectivity index (χ3n) is 1.40. The number of nitrogens with one attached hydrogen (secondary N) is 2. The van der Waals surface area contributed by atoms with Crippen molar-refractivity contribution in [1.29, 1.82) is 0 Å². The van der Waals surface area contributed by atoms with E-state index >= 15 is 0 Å². The van der Waals surface area contributed by atoms with E-state index in [1.165, 1.54) is 6.92 Å². The summed E-state index contributed by atoms with van der Waals surface area (Å²) in [6.45, 7) is 1.43. The van der Waals surface area contributed by atoms with Crippen molar-refractivity contribution >= 4 is 17.6 Å². The minimum Gasteiger partial charge on any atom is -0.331 e. The van der Waals surface area contributed by atoms with E-state index in [0.29, 0.717) is 5.82 Å². The van der Waals surface area contributed by atoms with Crippen molar-refractivity contribution in [2.24, 2.45) is 0 Å². The SMILES string of the molecule is CC(=O)CNC(=O)Nc1ccccn1. The number of ketones is 1. The van der Waals surface area contributed by atoms with Crippen LogP contribution in [0.3, 0.4) is 0 Å². The van der Waals surface area contributed by atoms with Crippen LogP contribution in [0.15, 0.2) is 24.4 Å². The number of nitrogens with zero attached hydrogens (tertiary/aromatic N) is 1. The van der Waals surface area contributed by atoms with Gasteiger partial charge in [-0.05, 0) is 19.1 Å². The predicted octanol–water partition coefficient (Wildman–Crippen LogP) is 0.792. The lowest BCUT2D eigenvalue weighted by atomic mass is 10.4. The van der Waals surface area contributed by atoms with Crippen molar-refractivity contribution in [3.63, 3.8) is 0 Å². The molecule has 1 aromatic heterocycles. The third kappa shape index (κ3) is 3.66. The number of anilines is 1. The Bertz CT molecular complexity index is 324. The normalized spacial score (nSPS) is 9.21. The summed E-state index contributed by atoms with van der Waals surface area (Å²) in [6, 6.07) is 4.73. The van der Waals surface area contributed by atoms with Gasteiger partial charge in [0.1, 0.15) is 11.6 Å². The first-order chi connectivity index (χ1) is 6.68. The second kappa shape index (κ2) is 4.96. The van der Waals surface area contributed by atoms with Crippen LogP contribution >= 0.6 is 0 Å². The molecule has 1 aromatic rings. The molecule has 5 heteroatoms. The van der Waals surface area contributed by atoms with E-state index in [9.17, 15) is 9.59 Å². The monoisotopic (exact) mass is 193 g/mol. The van der Waals surface area contributed by atoms with Gasteiger partial charge in [0, 0.05) is 6.20 Å². The molecule has 5 nitrogen and oxygen atoms in total. The quantitative estimate of drug-likeness (QED) is 0.745. The highest BCUT2D eigenvalue weighted by Gasteiger charge is 2.01. The Morgan fingerprint density at radius 3 is 2.79 bits per heavy atom. The highest BCUT2D eigenvalue weighted by Crippen LogP contribution is 1.98. The van der Waals surface area contributed by atoms with E-state index in [1.807, 2.05) is 0 Å². The van der Waals surface area contributed by atoms with Crippen molar-refractivity contribution in [3.05, 3.63) is 24.4 Å². The van der Waals surface area contributed by atoms with E-state index in [-0.39, 0.29) is 12.3 Å². The average Bonchev–Trinajstić information content (AvgIpc) is 2.16. The summed E-state index contributed by atoms with van der Waals surface area (Å²) in [7, 11) is 0. The molecule has 0 bridgehead atoms. The first-order valence-electron chi connectivity index (χ1n) is 4.14. The summed E-state index contributed by atoms with van der Waals surface area (Å²) in [5, 5.41) is 4.87. The lowest BCUT2D eigenvalue weighted by Crippen LogP contribution is -2.32. The standard InChI is InChI=1S/C9H11N3O2/c1-7(13)6-11-9(14)12-8-4-2-3-5-10-8/h2-5H,6H2,1H3,(H2,10,11,12,14). The molecule has 0 aliphatic rings. The van der Waals surface area contributed by atoms with Crippen LogP contribution in [0.25, 0.3) is 0 Å². The lowest BCUT2D eigenvalue weighted by molar-refractivity contribution is -0.116. The molecule has 74 valence electrons. The number of urea groups is 1. The summed E-state index contributed by atoms with van der Waals surface area (Å²) in [5.74, 6) is 0.356. The molecule has 0 atom stereocenters. The summed E-state index contributed by atoms with van der Waals surface area (Å²) in [5.41, 5.74) is 0. The van der Waals surface area contributed by atoms with Crippen LogP contribution in [-0.4, -0.2) is 23.3 Å². The Labute approximate surface area is 81.5 Å². The van der Waals surface area contributed by atoms with Gasteiger partial charge in [-0.3, -0.25) is 10.1 Å². The molecule has 0 fully saturated rings. The fourth-order valence-electron chi connectivity index (χ4n) is 0.802. The zero-order valence-electron chi connectivity index (χ0n) is 7.78. The van der Waals surface area contributed by atoms with Gasteiger partial charge in [-0.2, -0.15) is 0 Å². The number of amides is 2. The van der Waals surface area contributed by atoms with E-state index in [4.69, 9.17) is 0 Å². The number of hydrogen-bond acceptors (Lipinski definition) is 3. The minimum atomic E-state index is -0.432. The number of hydrogen-bond donors (Lipinski definition) is 2. The fraction of sp³-hybridized carbons (Fsp3) is 0.222. The van der Waals surface area contributed by atoms with Gasteiger partial charge in [-0.1, -0.05) is 6.07 Å². The second-order valence-corrected chi connectivity index (χ2v) is 2.72. The highest BCUT2D eigenvalue weighted by atomic mass is 16.2. The van der Waals surface area contributed by atoms with Crippen LogP contribution in [0, 0.1) is 0 Å². The maximum atomic E-state index is 11.1. The Hall–Kier alpha value is -1.91. The lowest BCUT2D eigenvalue weighted by Gasteiger charge is -2.04. The van der Waals surface area contributed by atoms with Crippen LogP contribution in [0.2, 0.25) is 0 Å². The highest BCUT2D eigenvalue weighted by molar-refractivity contribution is 5.91. The van der Waals surface area contributed by atoms with Crippen molar-refractivity contribution < 1.29 is 9.59 Å². The number of pyridine rings is 1. The van der Waals surface area contributed by atoms with Crippen LogP contribution in [0.1, 0.15) is 6.92 Å². The van der Waals surface area contributed by atoms with Crippen molar-refractivity contribution in [3.8, 4) is 0 Å². The first kappa shape index (κ1) is 10.2. The summed E-state index contributed by atoms with van der Waals surface area (Å²) >= 11 is 0. The van der Waals surface area contributed by atoms with Crippen molar-refractivity contribution in [1.82, 2.24) is 10.3 Å². The smallest absolute Gasteiger partial charge is 0.320 e. The summed E-state index contributed by atoms with van der Waals surface area (Å²) < 4.78 is 0. The van der Waals surface area contributed by atoms with E-state index in [1.54, 1.807) is 24.4 Å². The van der Waals surface area contributed by atoms with Gasteiger partial charge in [-0.25, -0.2) is 9.78 Å². The summed E-state index contributed by atoms with van der Waals surface area (Å²) in [6.07, 6.45) is 1.57. The van der Waals surface area contributed by atoms with Crippen molar-refractivity contribution in [2.75, 3.05) is 11.9 Å². The average molecular weight is 193 g/mol. The van der Waals surface area contributed by atoms with E-state index < -0.39 is 6.03 Å². The Morgan fingerprint density at radius 2 is 2.21 bits per heavy atom. The largest absolute Gasteiger partial charge is 0.331 e. The molecule has 0 radical (unpaired) electrons. The van der Waals surface area contributed by atoms with Gasteiger partial charge in [0.05, 0.1) is 6.54 Å². The molecule has 14 heavy (non-hydrogen) atoms. The van der Waals surface area contributed by atoms with Gasteiger partial charge in [0.15, 0.2) is 0 Å². The van der Waals surface area contributed by atoms with E-state index in [2.05, 4.69) is 15.6 Å². The molecule has 1 heterocycles. The van der Waals surface area contributed by atoms with Gasteiger partial charge < -0.3 is 5.32 Å². The van der Waals surface area contributed by atoms with E-state index in [0.717, 1.165) is 0 Å². The fourth-order valence-corrected chi connectivity index (χ4v) is 0.802. The number of Topliss-reactive ketones (excluding diaryl/α,β-unsaturated/α-hetero) is 1. The van der Waals surface area contributed by atoms with Crippen LogP contribution in [-0.2, 0) is 4.79 Å². The molecule has 0 saturated heterocycles. The maximum Gasteiger partial charge on any atom is 0.320 e. The maximum absolute atomic E-state index is 11.1. The van der Waals surface area contributed by atoms with Crippen LogP contribution in [0.5, 0.6) is 0 Å². The number of carbonyl (C=O) groups is 2. The Morgan fingerprint density at radius 1 is 1.43 bits per heavy atom. The molecule has 0 aliphatic carbocycles. The topological polar surface area (TPSA) is 71.1 Å². The molecule has 1 rings (SSSR count). The second-order valence-electron chi connectivity index (χ2n) is 2.72. The van der Waals surface area contributed by atoms with Gasteiger partial charge in [-0.15, -0.1) is 0 Å². The first-order valence-corrected chi connectivity index (χ1v) is 4.14. The third-order valence-corrected chi connectivity index (χ3v) is 1.40. The predicted molar refractivity (Wildman–Crippen MR) is 51.9 cm³/mol. The molecular weight excluding hydrogens is 182 g/mol. The molecular formula is C9H11N3O2. The molecule has 2 N–H and O–H groups in total. The Kier molecular flexibility index (Phi) is 3.60. The number of rotatable bonds is 3. The Balaban J connectivity index is 2.38. The molecule has 0 unspecified atom stereocenters. The molecule has 0 aromatic carbocycles. The van der Waals surface area contributed by atoms with Gasteiger partial charge in [0.25, 0.3) is 0 Å². The molecule has 0 spiro atoms. The molecule has 0 saturated carbocycles. The number of carbonyl (C=O) groups excluding carboxylic acids is 2. The van der Waals surface area contributed by atoms with Crippen LogP contribution in [0.4, 0.5) is 10.6 Å². The van der Waals surface area contributed by atoms with Crippen LogP contribution < -0.4 is 10.6 Å².